The highest BCUT2D eigenvalue weighted by Crippen LogP contribution is 2.19. The summed E-state index contributed by atoms with van der Waals surface area (Å²) in [6, 6.07) is 8.31. The fourth-order valence-corrected chi connectivity index (χ4v) is 2.51. The Kier molecular flexibility index (Phi) is 4.97. The van der Waals surface area contributed by atoms with Gasteiger partial charge in [-0.05, 0) is 51.4 Å². The van der Waals surface area contributed by atoms with E-state index in [4.69, 9.17) is 0 Å². The molecule has 2 rings (SSSR count). The third-order valence-electron chi connectivity index (χ3n) is 3.92. The predicted octanol–water partition coefficient (Wildman–Crippen LogP) is 2.34. The molecular formula is C16H24N2O. The number of carbonyl (C=O) groups excluding carboxylic acids is 1. The van der Waals surface area contributed by atoms with Gasteiger partial charge in [-0.3, -0.25) is 4.79 Å². The van der Waals surface area contributed by atoms with Gasteiger partial charge in [-0.1, -0.05) is 29.8 Å². The Balaban J connectivity index is 1.71. The van der Waals surface area contributed by atoms with Crippen molar-refractivity contribution in [1.82, 2.24) is 10.2 Å². The Morgan fingerprint density at radius 3 is 2.53 bits per heavy atom. The van der Waals surface area contributed by atoms with Gasteiger partial charge in [-0.2, -0.15) is 0 Å². The molecule has 1 aliphatic heterocycles. The number of hydrogen-bond donors (Lipinski definition) is 1. The van der Waals surface area contributed by atoms with Gasteiger partial charge < -0.3 is 10.2 Å². The molecule has 3 heteroatoms. The lowest BCUT2D eigenvalue weighted by atomic mass is 9.93. The lowest BCUT2D eigenvalue weighted by molar-refractivity contribution is -0.122. The van der Waals surface area contributed by atoms with Gasteiger partial charge in [0.2, 0.25) is 5.91 Å². The topological polar surface area (TPSA) is 32.3 Å². The highest BCUT2D eigenvalue weighted by atomic mass is 16.1. The van der Waals surface area contributed by atoms with Crippen LogP contribution in [0.5, 0.6) is 0 Å². The van der Waals surface area contributed by atoms with Crippen LogP contribution in [0.3, 0.4) is 0 Å². The van der Waals surface area contributed by atoms with Crippen LogP contribution in [-0.2, 0) is 11.3 Å². The molecule has 0 unspecified atom stereocenters. The van der Waals surface area contributed by atoms with Crippen molar-refractivity contribution in [1.29, 1.82) is 0 Å². The standard InChI is InChI=1S/C16H24N2O/c1-13-3-5-15(6-4-13)12-17-16(19)11-14-7-9-18(2)10-8-14/h3-6,14H,7-12H2,1-2H3,(H,17,19). The first kappa shape index (κ1) is 14.1. The summed E-state index contributed by atoms with van der Waals surface area (Å²) in [7, 11) is 2.15. The predicted molar refractivity (Wildman–Crippen MR) is 77.9 cm³/mol. The lowest BCUT2D eigenvalue weighted by Gasteiger charge is -2.28. The minimum absolute atomic E-state index is 0.190. The van der Waals surface area contributed by atoms with Crippen LogP contribution in [-0.4, -0.2) is 30.9 Å². The summed E-state index contributed by atoms with van der Waals surface area (Å²) in [6.45, 7) is 4.96. The molecule has 1 fully saturated rings. The Morgan fingerprint density at radius 2 is 1.89 bits per heavy atom. The summed E-state index contributed by atoms with van der Waals surface area (Å²) in [5.41, 5.74) is 2.42. The van der Waals surface area contributed by atoms with E-state index in [9.17, 15) is 4.79 Å². The van der Waals surface area contributed by atoms with E-state index in [1.165, 1.54) is 11.1 Å². The molecular weight excluding hydrogens is 236 g/mol. The Labute approximate surface area is 116 Å². The van der Waals surface area contributed by atoms with Gasteiger partial charge in [0.25, 0.3) is 0 Å². The van der Waals surface area contributed by atoms with Crippen LogP contribution >= 0.6 is 0 Å². The molecule has 0 spiro atoms. The van der Waals surface area contributed by atoms with Crippen molar-refractivity contribution in [2.45, 2.75) is 32.7 Å². The van der Waals surface area contributed by atoms with Gasteiger partial charge in [-0.15, -0.1) is 0 Å². The first-order valence-electron chi connectivity index (χ1n) is 7.14. The molecule has 0 aliphatic carbocycles. The maximum Gasteiger partial charge on any atom is 0.220 e. The van der Waals surface area contributed by atoms with Crippen LogP contribution in [0, 0.1) is 12.8 Å². The number of aryl methyl sites for hydroxylation is 1. The third-order valence-corrected chi connectivity index (χ3v) is 3.92. The number of carbonyl (C=O) groups is 1. The van der Waals surface area contributed by atoms with E-state index in [1.807, 2.05) is 0 Å². The smallest absolute Gasteiger partial charge is 0.220 e. The van der Waals surface area contributed by atoms with Gasteiger partial charge in [-0.25, -0.2) is 0 Å². The van der Waals surface area contributed by atoms with E-state index in [0.717, 1.165) is 25.9 Å². The van der Waals surface area contributed by atoms with Crippen molar-refractivity contribution in [2.24, 2.45) is 5.92 Å². The van der Waals surface area contributed by atoms with Crippen molar-refractivity contribution in [3.8, 4) is 0 Å². The first-order valence-corrected chi connectivity index (χ1v) is 7.14. The number of nitrogens with one attached hydrogen (secondary N) is 1. The molecule has 1 aromatic rings. The second kappa shape index (κ2) is 6.71. The Bertz CT molecular complexity index is 405. The van der Waals surface area contributed by atoms with E-state index in [0.29, 0.717) is 18.9 Å². The van der Waals surface area contributed by atoms with Crippen LogP contribution in [0.2, 0.25) is 0 Å². The van der Waals surface area contributed by atoms with E-state index < -0.39 is 0 Å². The zero-order valence-electron chi connectivity index (χ0n) is 12.0. The second-order valence-corrected chi connectivity index (χ2v) is 5.71. The summed E-state index contributed by atoms with van der Waals surface area (Å²) < 4.78 is 0. The van der Waals surface area contributed by atoms with Crippen LogP contribution in [0.15, 0.2) is 24.3 Å². The van der Waals surface area contributed by atoms with Crippen LogP contribution < -0.4 is 5.32 Å². The molecule has 19 heavy (non-hydrogen) atoms. The SMILES string of the molecule is Cc1ccc(CNC(=O)CC2CCN(C)CC2)cc1. The number of rotatable bonds is 4. The molecule has 0 aromatic heterocycles. The van der Waals surface area contributed by atoms with Gasteiger partial charge >= 0.3 is 0 Å². The molecule has 104 valence electrons. The molecule has 0 radical (unpaired) electrons. The summed E-state index contributed by atoms with van der Waals surface area (Å²) >= 11 is 0. The first-order chi connectivity index (χ1) is 9.13. The van der Waals surface area contributed by atoms with E-state index in [1.54, 1.807) is 0 Å². The number of likely N-dealkylation sites (tertiary alicyclic amines) is 1. The van der Waals surface area contributed by atoms with Gasteiger partial charge in [0.1, 0.15) is 0 Å². The number of benzene rings is 1. The fraction of sp³-hybridized carbons (Fsp3) is 0.562. The number of hydrogen-bond acceptors (Lipinski definition) is 2. The molecule has 0 saturated carbocycles. The zero-order valence-corrected chi connectivity index (χ0v) is 12.0. The highest BCUT2D eigenvalue weighted by molar-refractivity contribution is 5.76. The maximum atomic E-state index is 11.9. The molecule has 0 bridgehead atoms. The molecule has 1 N–H and O–H groups in total. The minimum atomic E-state index is 0.190. The number of piperidine rings is 1. The maximum absolute atomic E-state index is 11.9. The molecule has 1 aliphatic rings. The Morgan fingerprint density at radius 1 is 1.26 bits per heavy atom. The molecule has 0 atom stereocenters. The summed E-state index contributed by atoms with van der Waals surface area (Å²) in [5, 5.41) is 3.02. The summed E-state index contributed by atoms with van der Waals surface area (Å²) in [5.74, 6) is 0.754. The third kappa shape index (κ3) is 4.67. The second-order valence-electron chi connectivity index (χ2n) is 5.71. The number of amides is 1. The van der Waals surface area contributed by atoms with Crippen molar-refractivity contribution in [3.63, 3.8) is 0 Å². The molecule has 1 saturated heterocycles. The fourth-order valence-electron chi connectivity index (χ4n) is 2.51. The quantitative estimate of drug-likeness (QED) is 0.901. The summed E-state index contributed by atoms with van der Waals surface area (Å²) in [4.78, 5) is 14.2. The molecule has 3 nitrogen and oxygen atoms in total. The van der Waals surface area contributed by atoms with Crippen molar-refractivity contribution >= 4 is 5.91 Å². The molecule has 1 heterocycles. The van der Waals surface area contributed by atoms with Crippen LogP contribution in [0.1, 0.15) is 30.4 Å². The monoisotopic (exact) mass is 260 g/mol. The Hall–Kier alpha value is -1.35. The molecule has 1 aromatic carbocycles. The molecule has 1 amide bonds. The van der Waals surface area contributed by atoms with Crippen LogP contribution in [0.25, 0.3) is 0 Å². The lowest BCUT2D eigenvalue weighted by Crippen LogP contribution is -2.33. The van der Waals surface area contributed by atoms with Crippen molar-refractivity contribution in [3.05, 3.63) is 35.4 Å². The van der Waals surface area contributed by atoms with Gasteiger partial charge in [0, 0.05) is 13.0 Å². The van der Waals surface area contributed by atoms with E-state index >= 15 is 0 Å². The minimum Gasteiger partial charge on any atom is -0.352 e. The van der Waals surface area contributed by atoms with Crippen LogP contribution in [0.4, 0.5) is 0 Å². The van der Waals surface area contributed by atoms with Crippen molar-refractivity contribution < 1.29 is 4.79 Å². The van der Waals surface area contributed by atoms with E-state index in [2.05, 4.69) is 48.5 Å². The largest absolute Gasteiger partial charge is 0.352 e. The number of nitrogens with zero attached hydrogens (tertiary/aromatic N) is 1. The average Bonchev–Trinajstić information content (AvgIpc) is 2.41. The van der Waals surface area contributed by atoms with Gasteiger partial charge in [0.05, 0.1) is 0 Å². The van der Waals surface area contributed by atoms with E-state index in [-0.39, 0.29) is 5.91 Å². The highest BCUT2D eigenvalue weighted by Gasteiger charge is 2.19. The normalized spacial score (nSPS) is 17.4. The average molecular weight is 260 g/mol. The van der Waals surface area contributed by atoms with Crippen molar-refractivity contribution in [2.75, 3.05) is 20.1 Å². The van der Waals surface area contributed by atoms with Gasteiger partial charge in [0.15, 0.2) is 0 Å². The zero-order chi connectivity index (χ0) is 13.7. The summed E-state index contributed by atoms with van der Waals surface area (Å²) in [6.07, 6.45) is 2.97.